The fraction of sp³-hybridized carbons (Fsp3) is 0.491. The highest BCUT2D eigenvalue weighted by atomic mass is 19.1. The zero-order chi connectivity index (χ0) is 49.5. The predicted molar refractivity (Wildman–Crippen MR) is 270 cm³/mol. The Kier molecular flexibility index (Phi) is 11.8. The molecule has 5 aromatic rings. The maximum absolute atomic E-state index is 17.2. The number of pyridine rings is 1. The van der Waals surface area contributed by atoms with Gasteiger partial charge in [0.25, 0.3) is 11.8 Å². The Morgan fingerprint density at radius 1 is 0.750 bits per heavy atom. The summed E-state index contributed by atoms with van der Waals surface area (Å²) in [6.07, 6.45) is 10.8. The van der Waals surface area contributed by atoms with Gasteiger partial charge in [0.15, 0.2) is 5.82 Å². The molecule has 72 heavy (non-hydrogen) atoms. The van der Waals surface area contributed by atoms with Crippen molar-refractivity contribution in [3.05, 3.63) is 83.2 Å². The van der Waals surface area contributed by atoms with Crippen LogP contribution >= 0.6 is 0 Å². The van der Waals surface area contributed by atoms with Crippen LogP contribution in [0.1, 0.15) is 83.5 Å². The number of nitrogens with one attached hydrogen (secondary N) is 1. The summed E-state index contributed by atoms with van der Waals surface area (Å²) in [6, 6.07) is 10.4. The molecule has 0 saturated carbocycles. The van der Waals surface area contributed by atoms with Gasteiger partial charge < -0.3 is 33.8 Å². The van der Waals surface area contributed by atoms with Crippen molar-refractivity contribution in [2.75, 3.05) is 112 Å². The number of aromatic nitrogens is 4. The number of rotatable bonds is 8. The smallest absolute Gasteiger partial charge is 0.262 e. The van der Waals surface area contributed by atoms with E-state index in [4.69, 9.17) is 5.10 Å². The van der Waals surface area contributed by atoms with Crippen LogP contribution in [0.3, 0.4) is 0 Å². The first-order valence-electron chi connectivity index (χ1n) is 25.8. The van der Waals surface area contributed by atoms with Gasteiger partial charge in [0.05, 0.1) is 40.8 Å². The van der Waals surface area contributed by atoms with Crippen molar-refractivity contribution in [1.29, 1.82) is 0 Å². The van der Waals surface area contributed by atoms with Gasteiger partial charge in [-0.05, 0) is 88.5 Å². The van der Waals surface area contributed by atoms with Crippen LogP contribution in [0, 0.1) is 11.7 Å². The minimum Gasteiger partial charge on any atom is -0.371 e. The first kappa shape index (κ1) is 46.2. The quantitative estimate of drug-likeness (QED) is 0.217. The zero-order valence-corrected chi connectivity index (χ0v) is 41.4. The number of piperazine rings is 1. The first-order chi connectivity index (χ1) is 34.9. The standard InChI is InChI=1S/C53H62FN13O5/c1-33(68)63-18-12-43-41(31-63)50(57-67(43)35-10-14-58(2)15-11-35)65-25-20-59(3)45-27-38(42(54)29-46(45)65)39-28-48-55-13-19-64(48)32-47(39)62-23-21-60(22-24-62)30-34-8-16-61(17-9-34)36-4-5-37-40(26-36)53(72)66(52(37)71)44-6-7-49(69)56-51(44)70/h4-5,13,19,26-29,32,34-35,44H,6-12,14-18,20-25,30-31H2,1-3H3,(H,56,69,70). The molecule has 0 radical (unpaired) electrons. The van der Waals surface area contributed by atoms with Gasteiger partial charge >= 0.3 is 0 Å². The second-order valence-electron chi connectivity index (χ2n) is 21.0. The Morgan fingerprint density at radius 3 is 2.29 bits per heavy atom. The Bertz CT molecular complexity index is 3020. The molecule has 5 amide bonds. The van der Waals surface area contributed by atoms with Gasteiger partial charge in [-0.15, -0.1) is 0 Å². The number of halogens is 1. The van der Waals surface area contributed by atoms with Crippen molar-refractivity contribution in [3.8, 4) is 11.1 Å². The van der Waals surface area contributed by atoms with E-state index in [1.165, 1.54) is 5.69 Å². The topological polar surface area (TPSA) is 158 Å². The summed E-state index contributed by atoms with van der Waals surface area (Å²) >= 11 is 0. The Balaban J connectivity index is 0.741. The predicted octanol–water partition coefficient (Wildman–Crippen LogP) is 4.54. The minimum atomic E-state index is -0.989. The van der Waals surface area contributed by atoms with Gasteiger partial charge in [-0.25, -0.2) is 9.37 Å². The number of hydrogen-bond donors (Lipinski definition) is 1. The van der Waals surface area contributed by atoms with Crippen molar-refractivity contribution < 1.29 is 28.4 Å². The molecule has 1 unspecified atom stereocenters. The number of nitrogens with zero attached hydrogens (tertiary/aromatic N) is 12. The van der Waals surface area contributed by atoms with Crippen LogP contribution in [0.2, 0.25) is 0 Å². The molecular weight excluding hydrogens is 918 g/mol. The fourth-order valence-corrected chi connectivity index (χ4v) is 12.4. The van der Waals surface area contributed by atoms with Gasteiger partial charge in [0, 0.05) is 145 Å². The summed E-state index contributed by atoms with van der Waals surface area (Å²) in [4.78, 5) is 85.3. The highest BCUT2D eigenvalue weighted by Gasteiger charge is 2.45. The second-order valence-corrected chi connectivity index (χ2v) is 21.0. The summed E-state index contributed by atoms with van der Waals surface area (Å²) in [6.45, 7) is 12.1. The lowest BCUT2D eigenvalue weighted by atomic mass is 9.95. The van der Waals surface area contributed by atoms with Crippen molar-refractivity contribution in [2.24, 2.45) is 5.92 Å². The molecule has 0 spiro atoms. The molecule has 2 aromatic carbocycles. The van der Waals surface area contributed by atoms with Gasteiger partial charge in [-0.1, -0.05) is 0 Å². The molecule has 4 fully saturated rings. The van der Waals surface area contributed by atoms with Gasteiger partial charge in [0.1, 0.15) is 17.5 Å². The van der Waals surface area contributed by atoms with Crippen LogP contribution in [0.15, 0.2) is 55.0 Å². The van der Waals surface area contributed by atoms with Gasteiger partial charge in [-0.2, -0.15) is 5.10 Å². The lowest BCUT2D eigenvalue weighted by Crippen LogP contribution is -2.54. The van der Waals surface area contributed by atoms with Gasteiger partial charge in [0.2, 0.25) is 17.7 Å². The fourth-order valence-electron chi connectivity index (χ4n) is 12.4. The molecule has 12 rings (SSSR count). The lowest BCUT2D eigenvalue weighted by molar-refractivity contribution is -0.136. The summed E-state index contributed by atoms with van der Waals surface area (Å²) in [5.41, 5.74) is 8.51. The van der Waals surface area contributed by atoms with E-state index in [2.05, 4.69) is 64.7 Å². The third-order valence-electron chi connectivity index (χ3n) is 16.7. The van der Waals surface area contributed by atoms with E-state index in [1.54, 1.807) is 31.3 Å². The SMILES string of the molecule is CC(=O)N1CCc2c(c(N3CCN(C)c4cc(-c5cc6nccn6cc5N5CCN(CC6CCN(c7ccc8c(c7)C(=O)N(C7CCC(=O)NC7=O)C8=O)CC6)CC5)c(F)cc43)nn2C2CCN(C)CC2)C1. The average Bonchev–Trinajstić information content (AvgIpc) is 4.08. The number of anilines is 5. The number of piperidine rings is 3. The molecule has 7 aliphatic rings. The molecule has 10 heterocycles. The van der Waals surface area contributed by atoms with Crippen molar-refractivity contribution in [3.63, 3.8) is 0 Å². The molecular formula is C53H62FN13O5. The van der Waals surface area contributed by atoms with Crippen molar-refractivity contribution in [1.82, 2.24) is 44.1 Å². The molecule has 0 aliphatic carbocycles. The van der Waals surface area contributed by atoms with E-state index in [0.29, 0.717) is 36.7 Å². The Labute approximate surface area is 417 Å². The monoisotopic (exact) mass is 979 g/mol. The number of carbonyl (C=O) groups is 5. The highest BCUT2D eigenvalue weighted by Crippen LogP contribution is 2.46. The molecule has 4 saturated heterocycles. The van der Waals surface area contributed by atoms with Crippen molar-refractivity contribution in [2.45, 2.75) is 70.5 Å². The molecule has 0 bridgehead atoms. The van der Waals surface area contributed by atoms with Crippen LogP contribution < -0.4 is 24.9 Å². The maximum Gasteiger partial charge on any atom is 0.262 e. The average molecular weight is 980 g/mol. The third-order valence-corrected chi connectivity index (χ3v) is 16.7. The molecule has 7 aliphatic heterocycles. The summed E-state index contributed by atoms with van der Waals surface area (Å²) in [5, 5.41) is 7.63. The van der Waals surface area contributed by atoms with Crippen LogP contribution in [-0.2, 0) is 27.3 Å². The van der Waals surface area contributed by atoms with Crippen LogP contribution in [-0.4, -0.2) is 167 Å². The van der Waals surface area contributed by atoms with Crippen molar-refractivity contribution >= 4 is 63.8 Å². The summed E-state index contributed by atoms with van der Waals surface area (Å²) in [7, 11) is 4.24. The molecule has 376 valence electrons. The van der Waals surface area contributed by atoms with Crippen LogP contribution in [0.5, 0.6) is 0 Å². The molecule has 18 nitrogen and oxygen atoms in total. The summed E-state index contributed by atoms with van der Waals surface area (Å²) in [5.74, 6) is -0.925. The number of benzene rings is 2. The van der Waals surface area contributed by atoms with Crippen LogP contribution in [0.4, 0.5) is 33.0 Å². The maximum atomic E-state index is 17.2. The van der Waals surface area contributed by atoms with E-state index in [0.717, 1.165) is 148 Å². The van der Waals surface area contributed by atoms with E-state index in [1.807, 2.05) is 33.7 Å². The van der Waals surface area contributed by atoms with E-state index in [9.17, 15) is 24.0 Å². The molecule has 19 heteroatoms. The van der Waals surface area contributed by atoms with E-state index >= 15 is 4.39 Å². The molecule has 3 aromatic heterocycles. The second kappa shape index (κ2) is 18.3. The summed E-state index contributed by atoms with van der Waals surface area (Å²) < 4.78 is 21.5. The normalized spacial score (nSPS) is 21.8. The van der Waals surface area contributed by atoms with Crippen LogP contribution in [0.25, 0.3) is 16.8 Å². The number of amides is 5. The minimum absolute atomic E-state index is 0.0517. The van der Waals surface area contributed by atoms with E-state index in [-0.39, 0.29) is 36.2 Å². The number of carbonyl (C=O) groups excluding carboxylic acids is 5. The number of likely N-dealkylation sites (tertiary alicyclic amines) is 1. The lowest BCUT2D eigenvalue weighted by Gasteiger charge is -2.40. The number of likely N-dealkylation sites (N-methyl/N-ethyl adjacent to an activating group) is 1. The van der Waals surface area contributed by atoms with E-state index < -0.39 is 29.7 Å². The Morgan fingerprint density at radius 2 is 1.53 bits per heavy atom. The number of imide groups is 2. The Hall–Kier alpha value is -6.86. The third kappa shape index (κ3) is 8.13. The number of imidazole rings is 1. The highest BCUT2D eigenvalue weighted by molar-refractivity contribution is 6.23. The largest absolute Gasteiger partial charge is 0.371 e. The van der Waals surface area contributed by atoms with Gasteiger partial charge in [-0.3, -0.25) is 43.8 Å². The zero-order valence-electron chi connectivity index (χ0n) is 41.4. The molecule has 1 atom stereocenters. The number of hydrogen-bond acceptors (Lipinski definition) is 13. The molecule has 1 N–H and O–H groups in total. The first-order valence-corrected chi connectivity index (χ1v) is 25.8. The number of fused-ring (bicyclic) bond motifs is 4.